The van der Waals surface area contributed by atoms with Gasteiger partial charge in [-0.25, -0.2) is 0 Å². The highest BCUT2D eigenvalue weighted by molar-refractivity contribution is 6.30. The molecule has 5 heteroatoms. The van der Waals surface area contributed by atoms with E-state index < -0.39 is 0 Å². The Bertz CT molecular complexity index is 359. The van der Waals surface area contributed by atoms with E-state index in [0.29, 0.717) is 5.92 Å². The maximum atomic E-state index is 5.81. The highest BCUT2D eigenvalue weighted by Crippen LogP contribution is 2.17. The molecule has 1 aromatic rings. The topological polar surface area (TPSA) is 38.5 Å². The molecule has 2 rings (SSSR count). The van der Waals surface area contributed by atoms with E-state index in [4.69, 9.17) is 22.1 Å². The predicted molar refractivity (Wildman–Crippen MR) is 82.4 cm³/mol. The summed E-state index contributed by atoms with van der Waals surface area (Å²) in [5.74, 6) is 1.59. The van der Waals surface area contributed by atoms with Crippen molar-refractivity contribution >= 4 is 24.0 Å². The summed E-state index contributed by atoms with van der Waals surface area (Å²) >= 11 is 5.81. The van der Waals surface area contributed by atoms with Crippen LogP contribution in [0.15, 0.2) is 24.3 Å². The summed E-state index contributed by atoms with van der Waals surface area (Å²) in [6.07, 6.45) is 2.30. The third-order valence-corrected chi connectivity index (χ3v) is 3.66. The molecule has 0 aromatic heterocycles. The first kappa shape index (κ1) is 16.6. The Balaban J connectivity index is 0.00000180. The molecule has 1 aromatic carbocycles. The van der Waals surface area contributed by atoms with Crippen LogP contribution in [0.3, 0.4) is 0 Å². The first-order valence-electron chi connectivity index (χ1n) is 6.58. The molecular weight excluding hydrogens is 283 g/mol. The van der Waals surface area contributed by atoms with Crippen molar-refractivity contribution in [3.05, 3.63) is 29.3 Å². The minimum absolute atomic E-state index is 0. The number of nitrogens with zero attached hydrogens (tertiary/aromatic N) is 1. The molecule has 1 heterocycles. The number of hydrogen-bond donors (Lipinski definition) is 1. The number of benzene rings is 1. The molecule has 0 amide bonds. The summed E-state index contributed by atoms with van der Waals surface area (Å²) in [5.41, 5.74) is 5.68. The van der Waals surface area contributed by atoms with Gasteiger partial charge in [0.1, 0.15) is 5.75 Å². The lowest BCUT2D eigenvalue weighted by Gasteiger charge is -2.15. The van der Waals surface area contributed by atoms with Crippen LogP contribution < -0.4 is 10.5 Å². The third-order valence-electron chi connectivity index (χ3n) is 3.40. The quantitative estimate of drug-likeness (QED) is 0.821. The Morgan fingerprint density at radius 1 is 1.32 bits per heavy atom. The van der Waals surface area contributed by atoms with Gasteiger partial charge in [-0.15, -0.1) is 12.4 Å². The summed E-state index contributed by atoms with van der Waals surface area (Å²) in [7, 11) is 0. The van der Waals surface area contributed by atoms with Crippen LogP contribution in [0, 0.1) is 5.92 Å². The molecular formula is C14H22Cl2N2O. The van der Waals surface area contributed by atoms with E-state index in [2.05, 4.69) is 4.90 Å². The first-order chi connectivity index (χ1) is 8.78. The number of ether oxygens (including phenoxy) is 1. The van der Waals surface area contributed by atoms with Crippen molar-refractivity contribution in [1.82, 2.24) is 4.90 Å². The van der Waals surface area contributed by atoms with Gasteiger partial charge in [-0.1, -0.05) is 11.6 Å². The summed E-state index contributed by atoms with van der Waals surface area (Å²) in [5, 5.41) is 0.743. The summed E-state index contributed by atoms with van der Waals surface area (Å²) in [6, 6.07) is 7.51. The molecule has 2 N–H and O–H groups in total. The van der Waals surface area contributed by atoms with Crippen LogP contribution in [0.2, 0.25) is 5.02 Å². The van der Waals surface area contributed by atoms with Crippen LogP contribution >= 0.6 is 24.0 Å². The molecule has 0 radical (unpaired) electrons. The van der Waals surface area contributed by atoms with Crippen LogP contribution in [0.1, 0.15) is 12.8 Å². The van der Waals surface area contributed by atoms with E-state index in [1.165, 1.54) is 13.0 Å². The molecule has 0 bridgehead atoms. The van der Waals surface area contributed by atoms with E-state index in [-0.39, 0.29) is 12.4 Å². The molecule has 0 saturated carbocycles. The summed E-state index contributed by atoms with van der Waals surface area (Å²) in [4.78, 5) is 2.47. The molecule has 1 aliphatic heterocycles. The fraction of sp³-hybridized carbons (Fsp3) is 0.571. The van der Waals surface area contributed by atoms with Crippen LogP contribution in [-0.2, 0) is 0 Å². The summed E-state index contributed by atoms with van der Waals surface area (Å²) in [6.45, 7) is 5.01. The molecule has 0 spiro atoms. The molecule has 1 saturated heterocycles. The zero-order valence-electron chi connectivity index (χ0n) is 11.1. The SMILES string of the molecule is Cl.NCC1CCN(CCCOc2ccc(Cl)cc2)C1. The Morgan fingerprint density at radius 3 is 2.68 bits per heavy atom. The van der Waals surface area contributed by atoms with Crippen molar-refractivity contribution in [3.8, 4) is 5.75 Å². The highest BCUT2D eigenvalue weighted by atomic mass is 35.5. The second-order valence-corrected chi connectivity index (χ2v) is 5.28. The molecule has 0 aliphatic carbocycles. The number of rotatable bonds is 6. The van der Waals surface area contributed by atoms with E-state index in [1.807, 2.05) is 24.3 Å². The van der Waals surface area contributed by atoms with Crippen LogP contribution in [0.5, 0.6) is 5.75 Å². The lowest BCUT2D eigenvalue weighted by Crippen LogP contribution is -2.25. The molecule has 1 atom stereocenters. The van der Waals surface area contributed by atoms with Crippen molar-refractivity contribution in [1.29, 1.82) is 0 Å². The minimum Gasteiger partial charge on any atom is -0.494 e. The van der Waals surface area contributed by atoms with Gasteiger partial charge in [-0.05, 0) is 56.1 Å². The molecule has 1 aliphatic rings. The maximum absolute atomic E-state index is 5.81. The monoisotopic (exact) mass is 304 g/mol. The zero-order chi connectivity index (χ0) is 12.8. The molecule has 1 unspecified atom stereocenters. The van der Waals surface area contributed by atoms with E-state index in [9.17, 15) is 0 Å². The largest absolute Gasteiger partial charge is 0.494 e. The van der Waals surface area contributed by atoms with Crippen molar-refractivity contribution in [2.45, 2.75) is 12.8 Å². The van der Waals surface area contributed by atoms with Gasteiger partial charge in [0.05, 0.1) is 6.61 Å². The molecule has 108 valence electrons. The number of hydrogen-bond acceptors (Lipinski definition) is 3. The van der Waals surface area contributed by atoms with Crippen molar-refractivity contribution < 1.29 is 4.74 Å². The second-order valence-electron chi connectivity index (χ2n) is 4.85. The predicted octanol–water partition coefficient (Wildman–Crippen LogP) is 2.81. The van der Waals surface area contributed by atoms with Gasteiger partial charge in [0, 0.05) is 18.1 Å². The van der Waals surface area contributed by atoms with Crippen LogP contribution in [-0.4, -0.2) is 37.7 Å². The van der Waals surface area contributed by atoms with Gasteiger partial charge in [-0.3, -0.25) is 0 Å². The van der Waals surface area contributed by atoms with E-state index in [0.717, 1.165) is 43.4 Å². The lowest BCUT2D eigenvalue weighted by molar-refractivity contribution is 0.259. The Kier molecular flexibility index (Phi) is 7.54. The minimum atomic E-state index is 0. The van der Waals surface area contributed by atoms with Gasteiger partial charge in [0.25, 0.3) is 0 Å². The second kappa shape index (κ2) is 8.64. The van der Waals surface area contributed by atoms with E-state index >= 15 is 0 Å². The van der Waals surface area contributed by atoms with Gasteiger partial charge < -0.3 is 15.4 Å². The van der Waals surface area contributed by atoms with Crippen molar-refractivity contribution in [2.24, 2.45) is 11.7 Å². The first-order valence-corrected chi connectivity index (χ1v) is 6.96. The standard InChI is InChI=1S/C14H21ClN2O.ClH/c15-13-2-4-14(5-3-13)18-9-1-7-17-8-6-12(10-16)11-17;/h2-5,12H,1,6-11,16H2;1H. The van der Waals surface area contributed by atoms with E-state index in [1.54, 1.807) is 0 Å². The van der Waals surface area contributed by atoms with Crippen molar-refractivity contribution in [2.75, 3.05) is 32.8 Å². The van der Waals surface area contributed by atoms with Crippen LogP contribution in [0.25, 0.3) is 0 Å². The summed E-state index contributed by atoms with van der Waals surface area (Å²) < 4.78 is 5.66. The fourth-order valence-electron chi connectivity index (χ4n) is 2.32. The van der Waals surface area contributed by atoms with Gasteiger partial charge >= 0.3 is 0 Å². The zero-order valence-corrected chi connectivity index (χ0v) is 12.6. The Morgan fingerprint density at radius 2 is 2.05 bits per heavy atom. The van der Waals surface area contributed by atoms with Crippen LogP contribution in [0.4, 0.5) is 0 Å². The molecule has 19 heavy (non-hydrogen) atoms. The number of likely N-dealkylation sites (tertiary alicyclic amines) is 1. The lowest BCUT2D eigenvalue weighted by atomic mass is 10.1. The maximum Gasteiger partial charge on any atom is 0.119 e. The van der Waals surface area contributed by atoms with Gasteiger partial charge in [0.2, 0.25) is 0 Å². The smallest absolute Gasteiger partial charge is 0.119 e. The third kappa shape index (κ3) is 5.57. The normalized spacial score (nSPS) is 19.2. The van der Waals surface area contributed by atoms with Gasteiger partial charge in [0.15, 0.2) is 0 Å². The van der Waals surface area contributed by atoms with Crippen molar-refractivity contribution in [3.63, 3.8) is 0 Å². The highest BCUT2D eigenvalue weighted by Gasteiger charge is 2.20. The number of halogens is 2. The van der Waals surface area contributed by atoms with Gasteiger partial charge in [-0.2, -0.15) is 0 Å². The average Bonchev–Trinajstić information content (AvgIpc) is 2.85. The fourth-order valence-corrected chi connectivity index (χ4v) is 2.44. The Hall–Kier alpha value is -0.480. The number of nitrogens with two attached hydrogens (primary N) is 1. The molecule has 1 fully saturated rings. The molecule has 3 nitrogen and oxygen atoms in total. The Labute approximate surface area is 126 Å². The average molecular weight is 305 g/mol.